The number of benzene rings is 1. The van der Waals surface area contributed by atoms with Crippen molar-refractivity contribution in [2.75, 3.05) is 7.05 Å². The predicted octanol–water partition coefficient (Wildman–Crippen LogP) is 3.10. The zero-order valence-corrected chi connectivity index (χ0v) is 12.4. The van der Waals surface area contributed by atoms with Crippen molar-refractivity contribution in [3.8, 4) is 16.5 Å². The van der Waals surface area contributed by atoms with Crippen molar-refractivity contribution in [3.05, 3.63) is 53.2 Å². The van der Waals surface area contributed by atoms with Gasteiger partial charge in [-0.3, -0.25) is 0 Å². The molecule has 0 spiro atoms. The second-order valence-corrected chi connectivity index (χ2v) is 5.41. The van der Waals surface area contributed by atoms with Gasteiger partial charge in [0.2, 0.25) is 5.82 Å². The van der Waals surface area contributed by atoms with Crippen molar-refractivity contribution >= 4 is 11.3 Å². The Labute approximate surface area is 126 Å². The van der Waals surface area contributed by atoms with Gasteiger partial charge >= 0.3 is 0 Å². The van der Waals surface area contributed by atoms with Crippen LogP contribution < -0.4 is 10.1 Å². The quantitative estimate of drug-likeness (QED) is 0.758. The van der Waals surface area contributed by atoms with Crippen LogP contribution in [0, 0.1) is 0 Å². The van der Waals surface area contributed by atoms with Crippen LogP contribution in [0.15, 0.2) is 46.3 Å². The fraction of sp³-hybridized carbons (Fsp3) is 0.200. The Balaban J connectivity index is 1.64. The maximum atomic E-state index is 5.70. The number of nitrogens with one attached hydrogen (secondary N) is 1. The number of aromatic nitrogens is 2. The summed E-state index contributed by atoms with van der Waals surface area (Å²) >= 11 is 1.57. The summed E-state index contributed by atoms with van der Waals surface area (Å²) in [5.74, 6) is 1.87. The first kappa shape index (κ1) is 13.8. The standard InChI is InChI=1S/C15H15N3O2S/c1-16-9-11-4-2-5-12(8-11)19-10-14-17-15(20-18-14)13-6-3-7-21-13/h2-8,16H,9-10H2,1H3. The summed E-state index contributed by atoms with van der Waals surface area (Å²) in [7, 11) is 1.92. The Morgan fingerprint density at radius 3 is 3.05 bits per heavy atom. The smallest absolute Gasteiger partial charge is 0.268 e. The second-order valence-electron chi connectivity index (χ2n) is 4.46. The lowest BCUT2D eigenvalue weighted by Gasteiger charge is -2.05. The van der Waals surface area contributed by atoms with Crippen molar-refractivity contribution in [2.45, 2.75) is 13.2 Å². The number of rotatable bonds is 6. The molecule has 5 nitrogen and oxygen atoms in total. The fourth-order valence-corrected chi connectivity index (χ4v) is 2.55. The molecule has 0 fully saturated rings. The van der Waals surface area contributed by atoms with Crippen LogP contribution in [0.3, 0.4) is 0 Å². The first-order valence-corrected chi connectivity index (χ1v) is 7.46. The van der Waals surface area contributed by atoms with Gasteiger partial charge in [0.05, 0.1) is 4.88 Å². The molecule has 1 aromatic carbocycles. The van der Waals surface area contributed by atoms with Crippen LogP contribution in [0.2, 0.25) is 0 Å². The van der Waals surface area contributed by atoms with Crippen LogP contribution in [0.5, 0.6) is 5.75 Å². The second kappa shape index (κ2) is 6.51. The number of hydrogen-bond acceptors (Lipinski definition) is 6. The Bertz CT molecular complexity index is 695. The van der Waals surface area contributed by atoms with E-state index in [4.69, 9.17) is 9.26 Å². The highest BCUT2D eigenvalue weighted by molar-refractivity contribution is 7.13. The largest absolute Gasteiger partial charge is 0.485 e. The van der Waals surface area contributed by atoms with Gasteiger partial charge in [0.25, 0.3) is 5.89 Å². The molecule has 0 radical (unpaired) electrons. The molecule has 108 valence electrons. The van der Waals surface area contributed by atoms with E-state index in [-0.39, 0.29) is 6.61 Å². The lowest BCUT2D eigenvalue weighted by atomic mass is 10.2. The van der Waals surface area contributed by atoms with E-state index in [0.29, 0.717) is 11.7 Å². The molecular formula is C15H15N3O2S. The zero-order chi connectivity index (χ0) is 14.5. The molecule has 6 heteroatoms. The minimum atomic E-state index is 0.290. The summed E-state index contributed by atoms with van der Waals surface area (Å²) < 4.78 is 10.9. The van der Waals surface area contributed by atoms with E-state index in [1.807, 2.05) is 48.8 Å². The Morgan fingerprint density at radius 2 is 2.24 bits per heavy atom. The van der Waals surface area contributed by atoms with Crippen molar-refractivity contribution in [1.29, 1.82) is 0 Å². The average molecular weight is 301 g/mol. The van der Waals surface area contributed by atoms with Gasteiger partial charge in [0.1, 0.15) is 5.75 Å². The van der Waals surface area contributed by atoms with E-state index in [2.05, 4.69) is 15.5 Å². The third-order valence-corrected chi connectivity index (χ3v) is 3.71. The van der Waals surface area contributed by atoms with Gasteiger partial charge in [-0.25, -0.2) is 0 Å². The van der Waals surface area contributed by atoms with Crippen LogP contribution in [-0.4, -0.2) is 17.2 Å². The van der Waals surface area contributed by atoms with Gasteiger partial charge < -0.3 is 14.6 Å². The van der Waals surface area contributed by atoms with Crippen LogP contribution in [0.4, 0.5) is 0 Å². The van der Waals surface area contributed by atoms with E-state index in [0.717, 1.165) is 17.2 Å². The minimum Gasteiger partial charge on any atom is -0.485 e. The molecule has 2 heterocycles. The monoisotopic (exact) mass is 301 g/mol. The summed E-state index contributed by atoms with van der Waals surface area (Å²) in [6, 6.07) is 11.8. The predicted molar refractivity (Wildman–Crippen MR) is 81.1 cm³/mol. The van der Waals surface area contributed by atoms with E-state index >= 15 is 0 Å². The van der Waals surface area contributed by atoms with Crippen molar-refractivity contribution in [2.24, 2.45) is 0 Å². The number of hydrogen-bond donors (Lipinski definition) is 1. The van der Waals surface area contributed by atoms with Crippen LogP contribution in [0.1, 0.15) is 11.4 Å². The van der Waals surface area contributed by atoms with Gasteiger partial charge in [0.15, 0.2) is 6.61 Å². The molecule has 3 aromatic rings. The molecule has 0 aliphatic carbocycles. The molecule has 0 aliphatic heterocycles. The summed E-state index contributed by atoms with van der Waals surface area (Å²) in [5.41, 5.74) is 1.17. The molecule has 0 saturated heterocycles. The van der Waals surface area contributed by atoms with Crippen molar-refractivity contribution in [1.82, 2.24) is 15.5 Å². The molecule has 1 N–H and O–H groups in total. The summed E-state index contributed by atoms with van der Waals surface area (Å²) in [6.07, 6.45) is 0. The molecule has 0 bridgehead atoms. The molecule has 0 amide bonds. The van der Waals surface area contributed by atoms with E-state index < -0.39 is 0 Å². The summed E-state index contributed by atoms with van der Waals surface area (Å²) in [6.45, 7) is 1.10. The van der Waals surface area contributed by atoms with Gasteiger partial charge in [-0.05, 0) is 36.2 Å². The van der Waals surface area contributed by atoms with Gasteiger partial charge in [-0.1, -0.05) is 23.4 Å². The number of thiophene rings is 1. The van der Waals surface area contributed by atoms with Crippen LogP contribution in [-0.2, 0) is 13.2 Å². The molecule has 0 unspecified atom stereocenters. The lowest BCUT2D eigenvalue weighted by Crippen LogP contribution is -2.05. The summed E-state index contributed by atoms with van der Waals surface area (Å²) in [5, 5.41) is 9.01. The lowest BCUT2D eigenvalue weighted by molar-refractivity contribution is 0.287. The third kappa shape index (κ3) is 3.48. The molecule has 0 saturated carbocycles. The first-order valence-electron chi connectivity index (χ1n) is 6.58. The minimum absolute atomic E-state index is 0.290. The maximum Gasteiger partial charge on any atom is 0.268 e. The fourth-order valence-electron chi connectivity index (χ4n) is 1.91. The third-order valence-electron chi connectivity index (χ3n) is 2.85. The SMILES string of the molecule is CNCc1cccc(OCc2noc(-c3cccs3)n2)c1. The van der Waals surface area contributed by atoms with Crippen molar-refractivity contribution in [3.63, 3.8) is 0 Å². The normalized spacial score (nSPS) is 10.7. The topological polar surface area (TPSA) is 60.2 Å². The maximum absolute atomic E-state index is 5.70. The Morgan fingerprint density at radius 1 is 1.29 bits per heavy atom. The molecule has 2 aromatic heterocycles. The molecule has 0 atom stereocenters. The highest BCUT2D eigenvalue weighted by Gasteiger charge is 2.10. The Kier molecular flexibility index (Phi) is 4.28. The average Bonchev–Trinajstić information content (AvgIpc) is 3.17. The highest BCUT2D eigenvalue weighted by atomic mass is 32.1. The van der Waals surface area contributed by atoms with Gasteiger partial charge in [0, 0.05) is 6.54 Å². The van der Waals surface area contributed by atoms with E-state index in [1.165, 1.54) is 5.56 Å². The van der Waals surface area contributed by atoms with Crippen LogP contribution in [0.25, 0.3) is 10.8 Å². The summed E-state index contributed by atoms with van der Waals surface area (Å²) in [4.78, 5) is 5.28. The van der Waals surface area contributed by atoms with Gasteiger partial charge in [-0.2, -0.15) is 4.98 Å². The van der Waals surface area contributed by atoms with Crippen LogP contribution >= 0.6 is 11.3 Å². The van der Waals surface area contributed by atoms with E-state index in [1.54, 1.807) is 11.3 Å². The van der Waals surface area contributed by atoms with Crippen molar-refractivity contribution < 1.29 is 9.26 Å². The zero-order valence-electron chi connectivity index (χ0n) is 11.6. The highest BCUT2D eigenvalue weighted by Crippen LogP contribution is 2.22. The molecule has 21 heavy (non-hydrogen) atoms. The van der Waals surface area contributed by atoms with Gasteiger partial charge in [-0.15, -0.1) is 11.3 Å². The number of ether oxygens (including phenoxy) is 1. The molecular weight excluding hydrogens is 286 g/mol. The number of nitrogens with zero attached hydrogens (tertiary/aromatic N) is 2. The molecule has 3 rings (SSSR count). The Hall–Kier alpha value is -2.18. The van der Waals surface area contributed by atoms with E-state index in [9.17, 15) is 0 Å². The first-order chi connectivity index (χ1) is 10.3. The molecule has 0 aliphatic rings.